The number of hydrogen-bond donors (Lipinski definition) is 1. The molecule has 0 saturated heterocycles. The number of thioether (sulfide) groups is 1. The molecule has 0 unspecified atom stereocenters. The molecule has 0 spiro atoms. The highest BCUT2D eigenvalue weighted by Crippen LogP contribution is 2.28. The third-order valence-corrected chi connectivity index (χ3v) is 4.76. The zero-order valence-corrected chi connectivity index (χ0v) is 15.4. The van der Waals surface area contributed by atoms with Gasteiger partial charge in [0, 0.05) is 10.6 Å². The number of carbonyl (C=O) groups is 2. The van der Waals surface area contributed by atoms with Gasteiger partial charge in [-0.05, 0) is 12.1 Å². The number of hydrogen-bond acceptors (Lipinski definition) is 4. The van der Waals surface area contributed by atoms with Crippen molar-refractivity contribution in [2.24, 2.45) is 0 Å². The van der Waals surface area contributed by atoms with E-state index in [4.69, 9.17) is 11.6 Å². The molecule has 150 valence electrons. The van der Waals surface area contributed by atoms with E-state index in [0.717, 1.165) is 4.90 Å². The van der Waals surface area contributed by atoms with Crippen LogP contribution in [0.2, 0.25) is 5.02 Å². The Hall–Kier alpha value is -2.33. The lowest BCUT2D eigenvalue weighted by atomic mass is 10.2. The van der Waals surface area contributed by atoms with Crippen LogP contribution in [0, 0.1) is 29.1 Å². The van der Waals surface area contributed by atoms with Crippen LogP contribution in [0.25, 0.3) is 0 Å². The van der Waals surface area contributed by atoms with Crippen LogP contribution >= 0.6 is 23.4 Å². The van der Waals surface area contributed by atoms with Crippen molar-refractivity contribution in [2.75, 3.05) is 17.7 Å². The van der Waals surface area contributed by atoms with Gasteiger partial charge < -0.3 is 10.1 Å². The molecule has 0 aliphatic carbocycles. The van der Waals surface area contributed by atoms with E-state index < -0.39 is 53.3 Å². The van der Waals surface area contributed by atoms with E-state index in [0.29, 0.717) is 5.02 Å². The second-order valence-corrected chi connectivity index (χ2v) is 6.73. The first-order valence-electron chi connectivity index (χ1n) is 7.56. The van der Waals surface area contributed by atoms with Gasteiger partial charge in [0.1, 0.15) is 5.69 Å². The van der Waals surface area contributed by atoms with Crippen molar-refractivity contribution in [3.63, 3.8) is 0 Å². The third-order valence-electron chi connectivity index (χ3n) is 3.24. The number of anilines is 1. The van der Waals surface area contributed by atoms with Gasteiger partial charge in [0.05, 0.1) is 11.4 Å². The summed E-state index contributed by atoms with van der Waals surface area (Å²) in [5.41, 5.74) is -1.52. The van der Waals surface area contributed by atoms with Crippen molar-refractivity contribution in [2.45, 2.75) is 11.3 Å². The Morgan fingerprint density at radius 3 is 2.14 bits per heavy atom. The van der Waals surface area contributed by atoms with E-state index in [1.165, 1.54) is 17.1 Å². The largest absolute Gasteiger partial charge is 0.456 e. The average Bonchev–Trinajstić information content (AvgIpc) is 2.68. The van der Waals surface area contributed by atoms with Crippen molar-refractivity contribution in [3.05, 3.63) is 58.4 Å². The molecular formula is C17H11ClF5NO3S. The Kier molecular flexibility index (Phi) is 7.64. The topological polar surface area (TPSA) is 55.4 Å². The molecule has 0 aliphatic heterocycles. The van der Waals surface area contributed by atoms with Crippen LogP contribution in [0.4, 0.5) is 27.6 Å². The highest BCUT2D eigenvalue weighted by atomic mass is 35.5. The molecule has 0 fully saturated rings. The Morgan fingerprint density at radius 1 is 0.964 bits per heavy atom. The van der Waals surface area contributed by atoms with Crippen molar-refractivity contribution in [1.29, 1.82) is 0 Å². The number of esters is 1. The average molecular weight is 440 g/mol. The van der Waals surface area contributed by atoms with Crippen LogP contribution in [-0.4, -0.2) is 24.2 Å². The molecule has 2 aromatic carbocycles. The molecule has 0 atom stereocenters. The summed E-state index contributed by atoms with van der Waals surface area (Å²) in [6.45, 7) is -0.963. The maximum Gasteiger partial charge on any atom is 0.307 e. The second-order valence-electron chi connectivity index (χ2n) is 5.18. The summed E-state index contributed by atoms with van der Waals surface area (Å²) in [5, 5.41) is 2.00. The monoisotopic (exact) mass is 439 g/mol. The lowest BCUT2D eigenvalue weighted by Gasteiger charge is -2.10. The summed E-state index contributed by atoms with van der Waals surface area (Å²) >= 11 is 7.22. The molecule has 4 nitrogen and oxygen atoms in total. The maximum absolute atomic E-state index is 13.5. The molecule has 28 heavy (non-hydrogen) atoms. The molecule has 11 heteroatoms. The molecule has 2 aromatic rings. The van der Waals surface area contributed by atoms with Crippen LogP contribution in [0.5, 0.6) is 0 Å². The maximum atomic E-state index is 13.5. The smallest absolute Gasteiger partial charge is 0.307 e. The van der Waals surface area contributed by atoms with Crippen molar-refractivity contribution < 1.29 is 36.3 Å². The van der Waals surface area contributed by atoms with E-state index in [1.54, 1.807) is 24.3 Å². The summed E-state index contributed by atoms with van der Waals surface area (Å²) < 4.78 is 70.6. The number of carbonyl (C=O) groups excluding carboxylic acids is 2. The first-order chi connectivity index (χ1) is 13.2. The van der Waals surface area contributed by atoms with Crippen LogP contribution in [-0.2, 0) is 14.3 Å². The minimum atomic E-state index is -2.35. The standard InChI is InChI=1S/C17H11ClF5NO3S/c18-8-3-1-2-4-9(8)28-6-5-11(26)27-7-10(25)24-17-15(22)13(20)12(19)14(21)16(17)23/h1-4H,5-7H2,(H,24,25). The first kappa shape index (κ1) is 22.0. The van der Waals surface area contributed by atoms with Gasteiger partial charge in [0.25, 0.3) is 5.91 Å². The number of benzene rings is 2. The lowest BCUT2D eigenvalue weighted by molar-refractivity contribution is -0.146. The fourth-order valence-electron chi connectivity index (χ4n) is 1.91. The third kappa shape index (κ3) is 5.35. The van der Waals surface area contributed by atoms with Crippen LogP contribution in [0.3, 0.4) is 0 Å². The lowest BCUT2D eigenvalue weighted by Crippen LogP contribution is -2.23. The van der Waals surface area contributed by atoms with Crippen molar-refractivity contribution in [1.82, 2.24) is 0 Å². The van der Waals surface area contributed by atoms with Gasteiger partial charge in [-0.3, -0.25) is 9.59 Å². The van der Waals surface area contributed by atoms with Gasteiger partial charge in [-0.2, -0.15) is 0 Å². The van der Waals surface area contributed by atoms with E-state index in [1.807, 2.05) is 0 Å². The Bertz CT molecular complexity index is 884. The fraction of sp³-hybridized carbons (Fsp3) is 0.176. The zero-order valence-electron chi connectivity index (χ0n) is 13.8. The molecule has 0 bridgehead atoms. The molecular weight excluding hydrogens is 429 g/mol. The SMILES string of the molecule is O=C(COC(=O)CCSc1ccccc1Cl)Nc1c(F)c(F)c(F)c(F)c1F. The highest BCUT2D eigenvalue weighted by Gasteiger charge is 2.27. The Balaban J connectivity index is 1.84. The predicted molar refractivity (Wildman–Crippen MR) is 92.6 cm³/mol. The predicted octanol–water partition coefficient (Wildman–Crippen LogP) is 4.70. The van der Waals surface area contributed by atoms with Gasteiger partial charge in [0.2, 0.25) is 5.82 Å². The van der Waals surface area contributed by atoms with Gasteiger partial charge in [-0.1, -0.05) is 23.7 Å². The van der Waals surface area contributed by atoms with Gasteiger partial charge in [-0.15, -0.1) is 11.8 Å². The highest BCUT2D eigenvalue weighted by molar-refractivity contribution is 7.99. The summed E-state index contributed by atoms with van der Waals surface area (Å²) in [7, 11) is 0. The molecule has 1 amide bonds. The fourth-order valence-corrected chi connectivity index (χ4v) is 3.08. The van der Waals surface area contributed by atoms with Gasteiger partial charge in [-0.25, -0.2) is 22.0 Å². The molecule has 0 saturated carbocycles. The summed E-state index contributed by atoms with van der Waals surface area (Å²) in [4.78, 5) is 23.9. The van der Waals surface area contributed by atoms with Gasteiger partial charge >= 0.3 is 5.97 Å². The molecule has 1 N–H and O–H groups in total. The van der Waals surface area contributed by atoms with E-state index in [9.17, 15) is 31.5 Å². The summed E-state index contributed by atoms with van der Waals surface area (Å²) in [5.74, 6) is -13.0. The minimum Gasteiger partial charge on any atom is -0.456 e. The number of nitrogens with one attached hydrogen (secondary N) is 1. The molecule has 0 heterocycles. The normalized spacial score (nSPS) is 10.6. The van der Waals surface area contributed by atoms with E-state index in [-0.39, 0.29) is 12.2 Å². The zero-order chi connectivity index (χ0) is 20.8. The Labute approximate surface area is 165 Å². The number of amides is 1. The van der Waals surface area contributed by atoms with Crippen LogP contribution < -0.4 is 5.32 Å². The Morgan fingerprint density at radius 2 is 1.54 bits per heavy atom. The van der Waals surface area contributed by atoms with E-state index >= 15 is 0 Å². The molecule has 0 aromatic heterocycles. The number of rotatable bonds is 7. The van der Waals surface area contributed by atoms with Crippen molar-refractivity contribution >= 4 is 40.9 Å². The quantitative estimate of drug-likeness (QED) is 0.223. The minimum absolute atomic E-state index is 0.105. The second kappa shape index (κ2) is 9.74. The molecule has 0 radical (unpaired) electrons. The van der Waals surface area contributed by atoms with Crippen molar-refractivity contribution in [3.8, 4) is 0 Å². The van der Waals surface area contributed by atoms with Crippen LogP contribution in [0.15, 0.2) is 29.2 Å². The number of halogens is 6. The molecule has 2 rings (SSSR count). The first-order valence-corrected chi connectivity index (χ1v) is 8.93. The number of ether oxygens (including phenoxy) is 1. The van der Waals surface area contributed by atoms with Crippen LogP contribution in [0.1, 0.15) is 6.42 Å². The van der Waals surface area contributed by atoms with Gasteiger partial charge in [0.15, 0.2) is 29.9 Å². The van der Waals surface area contributed by atoms with E-state index in [2.05, 4.69) is 4.74 Å². The summed E-state index contributed by atoms with van der Waals surface area (Å²) in [6.07, 6.45) is -0.105. The molecule has 0 aliphatic rings. The summed E-state index contributed by atoms with van der Waals surface area (Å²) in [6, 6.07) is 6.92.